The van der Waals surface area contributed by atoms with Crippen LogP contribution < -0.4 is 20.9 Å². The summed E-state index contributed by atoms with van der Waals surface area (Å²) >= 11 is 0. The summed E-state index contributed by atoms with van der Waals surface area (Å²) in [4.78, 5) is 19.5. The maximum Gasteiger partial charge on any atom is 0.255 e. The number of rotatable bonds is 3. The van der Waals surface area contributed by atoms with Crippen LogP contribution in [-0.2, 0) is 12.8 Å². The number of nitrogens with zero attached hydrogens (tertiary/aromatic N) is 1. The highest BCUT2D eigenvalue weighted by Crippen LogP contribution is 2.19. The van der Waals surface area contributed by atoms with Gasteiger partial charge in [0.15, 0.2) is 0 Å². The molecule has 2 heterocycles. The van der Waals surface area contributed by atoms with Crippen LogP contribution in [0.2, 0.25) is 0 Å². The number of methoxy groups -OCH3 is 1. The zero-order valence-corrected chi connectivity index (χ0v) is 11.9. The molecule has 110 valence electrons. The maximum absolute atomic E-state index is 12.2. The Morgan fingerprint density at radius 2 is 2.14 bits per heavy atom. The van der Waals surface area contributed by atoms with Gasteiger partial charge in [-0.25, -0.2) is 4.98 Å². The van der Waals surface area contributed by atoms with E-state index in [0.717, 1.165) is 48.6 Å². The molecular weight excluding hydrogens is 268 g/mol. The SMILES string of the molecule is COc1cccc(Nc2nc3c(c(=O)[nH]2)CCNCC3)c1. The zero-order valence-electron chi connectivity index (χ0n) is 11.9. The Morgan fingerprint density at radius 3 is 3.00 bits per heavy atom. The third-order valence-electron chi connectivity index (χ3n) is 3.52. The van der Waals surface area contributed by atoms with E-state index in [2.05, 4.69) is 20.6 Å². The van der Waals surface area contributed by atoms with Crippen molar-refractivity contribution in [1.29, 1.82) is 0 Å². The molecule has 0 aliphatic carbocycles. The van der Waals surface area contributed by atoms with E-state index >= 15 is 0 Å². The van der Waals surface area contributed by atoms with Crippen LogP contribution >= 0.6 is 0 Å². The topological polar surface area (TPSA) is 79.0 Å². The summed E-state index contributed by atoms with van der Waals surface area (Å²) < 4.78 is 5.18. The van der Waals surface area contributed by atoms with Crippen LogP contribution in [0.5, 0.6) is 5.75 Å². The van der Waals surface area contributed by atoms with Crippen molar-refractivity contribution in [2.45, 2.75) is 12.8 Å². The fraction of sp³-hybridized carbons (Fsp3) is 0.333. The van der Waals surface area contributed by atoms with Crippen molar-refractivity contribution in [2.24, 2.45) is 0 Å². The molecule has 0 fully saturated rings. The monoisotopic (exact) mass is 286 g/mol. The lowest BCUT2D eigenvalue weighted by Gasteiger charge is -2.10. The van der Waals surface area contributed by atoms with Gasteiger partial charge in [0, 0.05) is 30.3 Å². The van der Waals surface area contributed by atoms with Crippen molar-refractivity contribution in [3.05, 3.63) is 45.9 Å². The van der Waals surface area contributed by atoms with Crippen LogP contribution in [0.15, 0.2) is 29.1 Å². The number of H-pyrrole nitrogens is 1. The van der Waals surface area contributed by atoms with E-state index in [1.165, 1.54) is 0 Å². The van der Waals surface area contributed by atoms with Crippen LogP contribution in [0.1, 0.15) is 11.3 Å². The molecule has 1 aromatic heterocycles. The van der Waals surface area contributed by atoms with Crippen molar-refractivity contribution in [3.8, 4) is 5.75 Å². The van der Waals surface area contributed by atoms with Crippen molar-refractivity contribution in [1.82, 2.24) is 15.3 Å². The second-order valence-corrected chi connectivity index (χ2v) is 4.95. The standard InChI is InChI=1S/C15H18N4O2/c1-21-11-4-2-3-10(9-11)17-15-18-13-6-8-16-7-5-12(13)14(20)19-15/h2-4,9,16H,5-8H2,1H3,(H2,17,18,19,20). The fourth-order valence-electron chi connectivity index (χ4n) is 2.45. The van der Waals surface area contributed by atoms with Crippen LogP contribution in [0, 0.1) is 0 Å². The van der Waals surface area contributed by atoms with E-state index in [1.54, 1.807) is 7.11 Å². The smallest absolute Gasteiger partial charge is 0.255 e. The molecule has 21 heavy (non-hydrogen) atoms. The van der Waals surface area contributed by atoms with Gasteiger partial charge < -0.3 is 15.4 Å². The van der Waals surface area contributed by atoms with E-state index in [9.17, 15) is 4.79 Å². The molecule has 1 aliphatic rings. The first-order valence-corrected chi connectivity index (χ1v) is 7.00. The van der Waals surface area contributed by atoms with Crippen molar-refractivity contribution in [2.75, 3.05) is 25.5 Å². The highest BCUT2D eigenvalue weighted by atomic mass is 16.5. The Balaban J connectivity index is 1.90. The first-order valence-electron chi connectivity index (χ1n) is 7.00. The Kier molecular flexibility index (Phi) is 3.87. The number of hydrogen-bond acceptors (Lipinski definition) is 5. The van der Waals surface area contributed by atoms with Crippen LogP contribution in [0.25, 0.3) is 0 Å². The lowest BCUT2D eigenvalue weighted by atomic mass is 10.1. The van der Waals surface area contributed by atoms with E-state index in [1.807, 2.05) is 24.3 Å². The molecule has 0 saturated carbocycles. The van der Waals surface area contributed by atoms with Gasteiger partial charge in [0.2, 0.25) is 5.95 Å². The molecule has 6 heteroatoms. The van der Waals surface area contributed by atoms with Gasteiger partial charge in [-0.1, -0.05) is 6.07 Å². The quantitative estimate of drug-likeness (QED) is 0.790. The van der Waals surface area contributed by atoms with E-state index in [0.29, 0.717) is 5.95 Å². The van der Waals surface area contributed by atoms with Crippen molar-refractivity contribution in [3.63, 3.8) is 0 Å². The summed E-state index contributed by atoms with van der Waals surface area (Å²) in [6.45, 7) is 1.67. The number of aromatic nitrogens is 2. The summed E-state index contributed by atoms with van der Waals surface area (Å²) in [5.41, 5.74) is 2.42. The molecule has 2 aromatic rings. The minimum Gasteiger partial charge on any atom is -0.497 e. The molecular formula is C15H18N4O2. The molecule has 3 N–H and O–H groups in total. The number of aromatic amines is 1. The highest BCUT2D eigenvalue weighted by molar-refractivity contribution is 5.56. The fourth-order valence-corrected chi connectivity index (χ4v) is 2.45. The van der Waals surface area contributed by atoms with Gasteiger partial charge in [-0.3, -0.25) is 9.78 Å². The third-order valence-corrected chi connectivity index (χ3v) is 3.52. The van der Waals surface area contributed by atoms with Crippen molar-refractivity contribution < 1.29 is 4.74 Å². The molecule has 1 aromatic carbocycles. The second kappa shape index (κ2) is 5.97. The van der Waals surface area contributed by atoms with E-state index < -0.39 is 0 Å². The lowest BCUT2D eigenvalue weighted by Crippen LogP contribution is -2.20. The molecule has 0 saturated heterocycles. The molecule has 6 nitrogen and oxygen atoms in total. The number of anilines is 2. The van der Waals surface area contributed by atoms with Crippen molar-refractivity contribution >= 4 is 11.6 Å². The summed E-state index contributed by atoms with van der Waals surface area (Å²) in [5, 5.41) is 6.40. The van der Waals surface area contributed by atoms with E-state index in [4.69, 9.17) is 4.74 Å². The Morgan fingerprint density at radius 1 is 1.29 bits per heavy atom. The summed E-state index contributed by atoms with van der Waals surface area (Å²) in [7, 11) is 1.62. The molecule has 3 rings (SSSR count). The van der Waals surface area contributed by atoms with Gasteiger partial charge in [0.25, 0.3) is 5.56 Å². The first kappa shape index (κ1) is 13.6. The normalized spacial score (nSPS) is 14.1. The molecule has 0 bridgehead atoms. The van der Waals surface area contributed by atoms with Crippen LogP contribution in [0.4, 0.5) is 11.6 Å². The number of nitrogens with one attached hydrogen (secondary N) is 3. The highest BCUT2D eigenvalue weighted by Gasteiger charge is 2.14. The number of ether oxygens (including phenoxy) is 1. The van der Waals surface area contributed by atoms with Gasteiger partial charge in [-0.05, 0) is 25.1 Å². The number of fused-ring (bicyclic) bond motifs is 1. The number of benzene rings is 1. The summed E-state index contributed by atoms with van der Waals surface area (Å²) in [5.74, 6) is 1.22. The predicted molar refractivity (Wildman–Crippen MR) is 81.4 cm³/mol. The second-order valence-electron chi connectivity index (χ2n) is 4.95. The minimum atomic E-state index is -0.0610. The van der Waals surface area contributed by atoms with Gasteiger partial charge in [0.05, 0.1) is 12.8 Å². The molecule has 0 atom stereocenters. The molecule has 1 aliphatic heterocycles. The number of hydrogen-bond donors (Lipinski definition) is 3. The Labute approximate surface area is 122 Å². The zero-order chi connectivity index (χ0) is 14.7. The lowest BCUT2D eigenvalue weighted by molar-refractivity contribution is 0.415. The average molecular weight is 286 g/mol. The van der Waals surface area contributed by atoms with Crippen LogP contribution in [-0.4, -0.2) is 30.2 Å². The predicted octanol–water partition coefficient (Wildman–Crippen LogP) is 1.21. The molecule has 0 unspecified atom stereocenters. The Bertz CT molecular complexity index is 696. The molecule has 0 radical (unpaired) electrons. The molecule has 0 amide bonds. The summed E-state index contributed by atoms with van der Waals surface area (Å²) in [6, 6.07) is 7.50. The largest absolute Gasteiger partial charge is 0.497 e. The maximum atomic E-state index is 12.2. The van der Waals surface area contributed by atoms with Gasteiger partial charge in [0.1, 0.15) is 5.75 Å². The minimum absolute atomic E-state index is 0.0610. The third kappa shape index (κ3) is 3.05. The van der Waals surface area contributed by atoms with Gasteiger partial charge in [-0.15, -0.1) is 0 Å². The Hall–Kier alpha value is -2.34. The molecule has 0 spiro atoms. The average Bonchev–Trinajstić information content (AvgIpc) is 2.73. The van der Waals surface area contributed by atoms with Gasteiger partial charge in [-0.2, -0.15) is 0 Å². The van der Waals surface area contributed by atoms with Crippen LogP contribution in [0.3, 0.4) is 0 Å². The summed E-state index contributed by atoms with van der Waals surface area (Å²) in [6.07, 6.45) is 1.49. The first-order chi connectivity index (χ1) is 10.3. The van der Waals surface area contributed by atoms with E-state index in [-0.39, 0.29) is 5.56 Å². The van der Waals surface area contributed by atoms with Gasteiger partial charge >= 0.3 is 0 Å².